The Balaban J connectivity index is 1.33. The van der Waals surface area contributed by atoms with Crippen LogP contribution in [0.2, 0.25) is 0 Å². The molecular weight excluding hydrogens is 378 g/mol. The molecule has 3 aliphatic rings. The first kappa shape index (κ1) is 18.1. The number of aromatic nitrogens is 4. The molecular formula is C23H27N5O2. The Hall–Kier alpha value is -2.67. The van der Waals surface area contributed by atoms with Crippen molar-refractivity contribution in [2.75, 3.05) is 13.2 Å². The van der Waals surface area contributed by atoms with Gasteiger partial charge < -0.3 is 14.2 Å². The Morgan fingerprint density at radius 2 is 2.00 bits per heavy atom. The molecule has 3 heterocycles. The van der Waals surface area contributed by atoms with Crippen molar-refractivity contribution in [1.29, 1.82) is 0 Å². The summed E-state index contributed by atoms with van der Waals surface area (Å²) in [4.78, 5) is 20.7. The average molecular weight is 406 g/mol. The number of amides is 1. The lowest BCUT2D eigenvalue weighted by atomic mass is 9.91. The molecule has 156 valence electrons. The van der Waals surface area contributed by atoms with Gasteiger partial charge in [-0.3, -0.25) is 9.89 Å². The van der Waals surface area contributed by atoms with Crippen molar-refractivity contribution in [3.63, 3.8) is 0 Å². The minimum Gasteiger partial charge on any atom is -0.381 e. The number of carbonyl (C=O) groups excluding carboxylic acids is 1. The van der Waals surface area contributed by atoms with Crippen LogP contribution in [0.25, 0.3) is 11.0 Å². The lowest BCUT2D eigenvalue weighted by Crippen LogP contribution is -2.45. The number of aryl methyl sites for hydroxylation is 1. The van der Waals surface area contributed by atoms with Crippen molar-refractivity contribution >= 4 is 16.9 Å². The Morgan fingerprint density at radius 1 is 1.13 bits per heavy atom. The van der Waals surface area contributed by atoms with E-state index in [0.29, 0.717) is 12.1 Å². The summed E-state index contributed by atoms with van der Waals surface area (Å²) in [6.07, 6.45) is 10.9. The van der Waals surface area contributed by atoms with E-state index in [4.69, 9.17) is 9.72 Å². The zero-order valence-corrected chi connectivity index (χ0v) is 17.1. The number of ether oxygens (including phenoxy) is 1. The maximum absolute atomic E-state index is 13.8. The van der Waals surface area contributed by atoms with Gasteiger partial charge in [0.05, 0.1) is 23.6 Å². The zero-order valence-electron chi connectivity index (χ0n) is 17.1. The smallest absolute Gasteiger partial charge is 0.256 e. The number of hydrogen-bond acceptors (Lipinski definition) is 4. The summed E-state index contributed by atoms with van der Waals surface area (Å²) in [7, 11) is 0. The van der Waals surface area contributed by atoms with E-state index >= 15 is 0 Å². The van der Waals surface area contributed by atoms with Crippen molar-refractivity contribution in [3.8, 4) is 0 Å². The maximum atomic E-state index is 13.8. The maximum Gasteiger partial charge on any atom is 0.256 e. The number of H-pyrrole nitrogens is 1. The SMILES string of the molecule is O=C(c1cccc2c1ncn2C1CCOCC1)N(C1CC1)C1CCc2[nH]ncc2C1. The van der Waals surface area contributed by atoms with Crippen LogP contribution in [0.5, 0.6) is 0 Å². The Labute approximate surface area is 175 Å². The van der Waals surface area contributed by atoms with Crippen molar-refractivity contribution in [2.45, 2.75) is 63.1 Å². The molecule has 1 aliphatic heterocycles. The van der Waals surface area contributed by atoms with E-state index in [1.165, 1.54) is 11.3 Å². The number of para-hydroxylation sites is 1. The Kier molecular flexibility index (Phi) is 4.37. The molecule has 3 aromatic rings. The lowest BCUT2D eigenvalue weighted by molar-refractivity contribution is 0.0644. The van der Waals surface area contributed by atoms with E-state index in [0.717, 1.165) is 74.8 Å². The minimum absolute atomic E-state index is 0.136. The number of imidazole rings is 1. The van der Waals surface area contributed by atoms with E-state index < -0.39 is 0 Å². The molecule has 6 rings (SSSR count). The summed E-state index contributed by atoms with van der Waals surface area (Å²) in [6.45, 7) is 1.58. The fourth-order valence-corrected chi connectivity index (χ4v) is 5.24. The summed E-state index contributed by atoms with van der Waals surface area (Å²) in [6, 6.07) is 7.05. The second-order valence-electron chi connectivity index (χ2n) is 8.88. The van der Waals surface area contributed by atoms with Crippen LogP contribution in [-0.4, -0.2) is 55.9 Å². The highest BCUT2D eigenvalue weighted by atomic mass is 16.5. The zero-order chi connectivity index (χ0) is 20.1. The van der Waals surface area contributed by atoms with Crippen molar-refractivity contribution in [3.05, 3.63) is 47.5 Å². The molecule has 1 amide bonds. The molecule has 2 fully saturated rings. The molecule has 1 aromatic carbocycles. The summed E-state index contributed by atoms with van der Waals surface area (Å²) in [5, 5.41) is 7.30. The van der Waals surface area contributed by atoms with Gasteiger partial charge in [-0.1, -0.05) is 6.07 Å². The molecule has 30 heavy (non-hydrogen) atoms. The summed E-state index contributed by atoms with van der Waals surface area (Å²) < 4.78 is 7.77. The number of benzene rings is 1. The number of hydrogen-bond donors (Lipinski definition) is 1. The van der Waals surface area contributed by atoms with E-state index in [-0.39, 0.29) is 11.9 Å². The number of nitrogens with one attached hydrogen (secondary N) is 1. The molecule has 1 N–H and O–H groups in total. The van der Waals surface area contributed by atoms with Crippen molar-refractivity contribution in [1.82, 2.24) is 24.6 Å². The van der Waals surface area contributed by atoms with E-state index in [2.05, 4.69) is 25.7 Å². The third-order valence-corrected chi connectivity index (χ3v) is 6.98. The molecule has 7 heteroatoms. The van der Waals surface area contributed by atoms with Gasteiger partial charge in [-0.2, -0.15) is 5.10 Å². The van der Waals surface area contributed by atoms with Crippen LogP contribution in [0.15, 0.2) is 30.7 Å². The lowest BCUT2D eigenvalue weighted by Gasteiger charge is -2.34. The van der Waals surface area contributed by atoms with Gasteiger partial charge in [0.2, 0.25) is 0 Å². The minimum atomic E-state index is 0.136. The van der Waals surface area contributed by atoms with E-state index in [1.807, 2.05) is 24.7 Å². The molecule has 0 bridgehead atoms. The first-order valence-corrected chi connectivity index (χ1v) is 11.2. The van der Waals surface area contributed by atoms with Crippen LogP contribution in [-0.2, 0) is 17.6 Å². The fourth-order valence-electron chi connectivity index (χ4n) is 5.24. The first-order valence-electron chi connectivity index (χ1n) is 11.2. The summed E-state index contributed by atoms with van der Waals surface area (Å²) in [5.74, 6) is 0.136. The second-order valence-corrected chi connectivity index (χ2v) is 8.88. The average Bonchev–Trinajstić information content (AvgIpc) is 3.34. The quantitative estimate of drug-likeness (QED) is 0.723. The predicted molar refractivity (Wildman–Crippen MR) is 112 cm³/mol. The van der Waals surface area contributed by atoms with Crippen molar-refractivity contribution in [2.24, 2.45) is 0 Å². The normalized spacial score (nSPS) is 22.2. The van der Waals surface area contributed by atoms with Gasteiger partial charge in [-0.05, 0) is 62.6 Å². The van der Waals surface area contributed by atoms with Gasteiger partial charge in [0.15, 0.2) is 0 Å². The van der Waals surface area contributed by atoms with Crippen molar-refractivity contribution < 1.29 is 9.53 Å². The number of rotatable bonds is 4. The number of carbonyl (C=O) groups is 1. The van der Waals surface area contributed by atoms with Crippen LogP contribution in [0, 0.1) is 0 Å². The van der Waals surface area contributed by atoms with Crippen LogP contribution >= 0.6 is 0 Å². The van der Waals surface area contributed by atoms with E-state index in [1.54, 1.807) is 0 Å². The molecule has 1 saturated heterocycles. The van der Waals surface area contributed by atoms with Crippen LogP contribution in [0.4, 0.5) is 0 Å². The highest BCUT2D eigenvalue weighted by Gasteiger charge is 2.40. The molecule has 2 aromatic heterocycles. The topological polar surface area (TPSA) is 76.0 Å². The first-order chi connectivity index (χ1) is 14.8. The summed E-state index contributed by atoms with van der Waals surface area (Å²) >= 11 is 0. The van der Waals surface area contributed by atoms with Gasteiger partial charge in [-0.25, -0.2) is 4.98 Å². The van der Waals surface area contributed by atoms with Crippen LogP contribution in [0.1, 0.15) is 59.8 Å². The fraction of sp³-hybridized carbons (Fsp3) is 0.522. The predicted octanol–water partition coefficient (Wildman–Crippen LogP) is 3.27. The second kappa shape index (κ2) is 7.23. The van der Waals surface area contributed by atoms with Gasteiger partial charge in [-0.15, -0.1) is 0 Å². The summed E-state index contributed by atoms with van der Waals surface area (Å²) in [5.41, 5.74) is 5.12. The van der Waals surface area contributed by atoms with E-state index in [9.17, 15) is 4.79 Å². The highest BCUT2D eigenvalue weighted by Crippen LogP contribution is 2.36. The monoisotopic (exact) mass is 405 g/mol. The number of aromatic amines is 1. The third-order valence-electron chi connectivity index (χ3n) is 6.98. The van der Waals surface area contributed by atoms with Gasteiger partial charge in [0.25, 0.3) is 5.91 Å². The molecule has 1 unspecified atom stereocenters. The Morgan fingerprint density at radius 3 is 2.83 bits per heavy atom. The standard InChI is InChI=1S/C23H27N5O2/c29-23(28(17-4-5-17)18-6-7-20-15(12-18)13-25-26-20)19-2-1-3-21-22(19)24-14-27(21)16-8-10-30-11-9-16/h1-3,13-14,16-18H,4-12H2,(H,25,26). The van der Waals surface area contributed by atoms with Gasteiger partial charge in [0.1, 0.15) is 5.52 Å². The molecule has 1 saturated carbocycles. The number of fused-ring (bicyclic) bond motifs is 2. The molecule has 1 atom stereocenters. The number of nitrogens with zero attached hydrogens (tertiary/aromatic N) is 4. The molecule has 0 spiro atoms. The van der Waals surface area contributed by atoms with Gasteiger partial charge in [0, 0.05) is 37.0 Å². The van der Waals surface area contributed by atoms with Gasteiger partial charge >= 0.3 is 0 Å². The molecule has 0 radical (unpaired) electrons. The highest BCUT2D eigenvalue weighted by molar-refractivity contribution is 6.05. The molecule has 7 nitrogen and oxygen atoms in total. The largest absolute Gasteiger partial charge is 0.381 e. The molecule has 2 aliphatic carbocycles. The Bertz CT molecular complexity index is 1080. The van der Waals surface area contributed by atoms with Crippen LogP contribution < -0.4 is 0 Å². The van der Waals surface area contributed by atoms with Crippen LogP contribution in [0.3, 0.4) is 0 Å². The third kappa shape index (κ3) is 3.03.